The van der Waals surface area contributed by atoms with Gasteiger partial charge in [0.1, 0.15) is 14.0 Å². The van der Waals surface area contributed by atoms with Gasteiger partial charge in [0.25, 0.3) is 0 Å². The summed E-state index contributed by atoms with van der Waals surface area (Å²) in [6, 6.07) is 8.81. The Morgan fingerprint density at radius 3 is 2.17 bits per heavy atom. The van der Waals surface area contributed by atoms with Crippen LogP contribution >= 0.6 is 0 Å². The van der Waals surface area contributed by atoms with Crippen LogP contribution in [0.25, 0.3) is 0 Å². The van der Waals surface area contributed by atoms with E-state index in [0.717, 1.165) is 5.75 Å². The molecule has 1 aromatic rings. The lowest BCUT2D eigenvalue weighted by Gasteiger charge is -2.35. The lowest BCUT2D eigenvalue weighted by Crippen LogP contribution is -2.45. The normalized spacial score (nSPS) is 15.6. The summed E-state index contributed by atoms with van der Waals surface area (Å²) >= 11 is 0. The average Bonchev–Trinajstić information content (AvgIpc) is 2.36. The first-order chi connectivity index (χ1) is 10.4. The molecule has 0 radical (unpaired) electrons. The molecule has 0 bridgehead atoms. The summed E-state index contributed by atoms with van der Waals surface area (Å²) in [4.78, 5) is 0. The van der Waals surface area contributed by atoms with Crippen LogP contribution < -0.4 is 4.43 Å². The Morgan fingerprint density at radius 2 is 1.70 bits per heavy atom. The fraction of sp³-hybridized carbons (Fsp3) is 0.684. The van der Waals surface area contributed by atoms with E-state index in [1.807, 2.05) is 0 Å². The van der Waals surface area contributed by atoms with E-state index < -0.39 is 16.6 Å². The van der Waals surface area contributed by atoms with Crippen LogP contribution in [-0.2, 0) is 0 Å². The van der Waals surface area contributed by atoms with Gasteiger partial charge in [-0.05, 0) is 69.2 Å². The molecular weight excluding hydrogens is 314 g/mol. The highest BCUT2D eigenvalue weighted by molar-refractivity contribution is 6.73. The van der Waals surface area contributed by atoms with Gasteiger partial charge in [0.05, 0.1) is 0 Å². The maximum atomic E-state index is 6.19. The third kappa shape index (κ3) is 6.81. The summed E-state index contributed by atoms with van der Waals surface area (Å²) in [5, 5.41) is 0. The number of nitrogens with zero attached hydrogens (tertiary/aromatic N) is 1. The minimum Gasteiger partial charge on any atom is -0.544 e. The monoisotopic (exact) mass is 351 g/mol. The summed E-state index contributed by atoms with van der Waals surface area (Å²) in [7, 11) is -0.466. The second kappa shape index (κ2) is 7.99. The molecule has 0 aliphatic carbocycles. The highest BCUT2D eigenvalue weighted by Gasteiger charge is 2.26. The van der Waals surface area contributed by atoms with Crippen molar-refractivity contribution in [1.82, 2.24) is 4.57 Å². The molecule has 0 heterocycles. The first kappa shape index (κ1) is 20.5. The van der Waals surface area contributed by atoms with Crippen LogP contribution in [0, 0.1) is 5.92 Å². The Hall–Kier alpha value is -0.586. The zero-order chi connectivity index (χ0) is 17.8. The molecular formula is C19H37NOSi2. The first-order valence-electron chi connectivity index (χ1n) is 8.94. The van der Waals surface area contributed by atoms with E-state index in [-0.39, 0.29) is 0 Å². The van der Waals surface area contributed by atoms with Crippen molar-refractivity contribution in [1.29, 1.82) is 0 Å². The van der Waals surface area contributed by atoms with Crippen LogP contribution in [0.15, 0.2) is 24.3 Å². The van der Waals surface area contributed by atoms with E-state index in [1.54, 1.807) is 0 Å². The Balaban J connectivity index is 2.91. The second-order valence-corrected chi connectivity index (χ2v) is 18.4. The van der Waals surface area contributed by atoms with Crippen molar-refractivity contribution in [3.63, 3.8) is 0 Å². The van der Waals surface area contributed by atoms with Crippen LogP contribution in [0.4, 0.5) is 0 Å². The number of benzene rings is 1. The molecule has 0 saturated carbocycles. The maximum absolute atomic E-state index is 6.19. The van der Waals surface area contributed by atoms with Gasteiger partial charge in [-0.3, -0.25) is 0 Å². The van der Waals surface area contributed by atoms with Crippen LogP contribution in [0.5, 0.6) is 5.75 Å². The van der Waals surface area contributed by atoms with E-state index in [0.29, 0.717) is 11.8 Å². The molecule has 1 rings (SSSR count). The van der Waals surface area contributed by atoms with E-state index in [9.17, 15) is 0 Å². The number of hydrogen-bond donors (Lipinski definition) is 0. The molecule has 2 nitrogen and oxygen atoms in total. The maximum Gasteiger partial charge on any atom is 0.242 e. The minimum absolute atomic E-state index is 0.596. The molecule has 23 heavy (non-hydrogen) atoms. The molecule has 0 N–H and O–H groups in total. The van der Waals surface area contributed by atoms with Crippen molar-refractivity contribution in [3.8, 4) is 5.75 Å². The predicted molar refractivity (Wildman–Crippen MR) is 109 cm³/mol. The van der Waals surface area contributed by atoms with E-state index >= 15 is 0 Å². The Kier molecular flexibility index (Phi) is 7.11. The molecule has 132 valence electrons. The van der Waals surface area contributed by atoms with E-state index in [2.05, 4.69) is 89.0 Å². The second-order valence-electron chi connectivity index (χ2n) is 8.83. The van der Waals surface area contributed by atoms with Gasteiger partial charge < -0.3 is 8.99 Å². The van der Waals surface area contributed by atoms with Gasteiger partial charge in [0, 0.05) is 0 Å². The van der Waals surface area contributed by atoms with Crippen LogP contribution in [0.3, 0.4) is 0 Å². The molecule has 4 heteroatoms. The smallest absolute Gasteiger partial charge is 0.242 e. The van der Waals surface area contributed by atoms with Gasteiger partial charge in [-0.1, -0.05) is 45.6 Å². The van der Waals surface area contributed by atoms with E-state index in [4.69, 9.17) is 4.43 Å². The van der Waals surface area contributed by atoms with Gasteiger partial charge in [-0.15, -0.1) is 0 Å². The quantitative estimate of drug-likeness (QED) is 0.549. The van der Waals surface area contributed by atoms with Gasteiger partial charge >= 0.3 is 0 Å². The van der Waals surface area contributed by atoms with Crippen molar-refractivity contribution >= 4 is 16.6 Å². The molecule has 0 saturated heterocycles. The minimum atomic E-state index is -1.55. The standard InChI is InChI=1S/C19H37NOSi2/c1-10-19(16(2)15-20(3)22(4,5)6)17-12-11-13-18(14-17)21-23(7,8)9/h11-14,16,19H,10,15H2,1-9H3. The molecule has 0 aliphatic heterocycles. The fourth-order valence-electron chi connectivity index (χ4n) is 2.96. The molecule has 2 unspecified atom stereocenters. The zero-order valence-corrected chi connectivity index (χ0v) is 18.7. The molecule has 0 aromatic heterocycles. The molecule has 0 aliphatic rings. The molecule has 0 fully saturated rings. The van der Waals surface area contributed by atoms with Gasteiger partial charge in [-0.25, -0.2) is 0 Å². The first-order valence-corrected chi connectivity index (χ1v) is 15.8. The molecule has 2 atom stereocenters. The van der Waals surface area contributed by atoms with Crippen molar-refractivity contribution in [3.05, 3.63) is 29.8 Å². The molecule has 0 spiro atoms. The SMILES string of the molecule is CCC(c1cccc(O[Si](C)(C)C)c1)C(C)CN(C)[Si](C)(C)C. The lowest BCUT2D eigenvalue weighted by atomic mass is 9.85. The van der Waals surface area contributed by atoms with Crippen molar-refractivity contribution in [2.24, 2.45) is 5.92 Å². The molecule has 1 aromatic carbocycles. The Labute approximate surface area is 146 Å². The van der Waals surface area contributed by atoms with E-state index in [1.165, 1.54) is 18.5 Å². The van der Waals surface area contributed by atoms with Crippen LogP contribution in [0.2, 0.25) is 39.3 Å². The van der Waals surface area contributed by atoms with Gasteiger partial charge in [-0.2, -0.15) is 0 Å². The Bertz CT molecular complexity index is 491. The lowest BCUT2D eigenvalue weighted by molar-refractivity contribution is 0.349. The number of hydrogen-bond acceptors (Lipinski definition) is 2. The zero-order valence-electron chi connectivity index (χ0n) is 16.7. The van der Waals surface area contributed by atoms with Gasteiger partial charge in [0.2, 0.25) is 8.32 Å². The van der Waals surface area contributed by atoms with Gasteiger partial charge in [0.15, 0.2) is 0 Å². The summed E-state index contributed by atoms with van der Waals surface area (Å²) in [5.74, 6) is 2.30. The Morgan fingerprint density at radius 1 is 1.09 bits per heavy atom. The summed E-state index contributed by atoms with van der Waals surface area (Å²) < 4.78 is 8.79. The summed E-state index contributed by atoms with van der Waals surface area (Å²) in [6.45, 7) is 19.9. The number of rotatable bonds is 8. The fourth-order valence-corrected chi connectivity index (χ4v) is 4.63. The third-order valence-corrected chi connectivity index (χ3v) is 7.86. The molecule has 0 amide bonds. The summed E-state index contributed by atoms with van der Waals surface area (Å²) in [6.07, 6.45) is 1.18. The van der Waals surface area contributed by atoms with Crippen molar-refractivity contribution in [2.75, 3.05) is 13.6 Å². The van der Waals surface area contributed by atoms with Crippen LogP contribution in [-0.4, -0.2) is 34.7 Å². The van der Waals surface area contributed by atoms with Crippen molar-refractivity contribution < 1.29 is 4.43 Å². The largest absolute Gasteiger partial charge is 0.544 e. The van der Waals surface area contributed by atoms with Crippen molar-refractivity contribution in [2.45, 2.75) is 65.5 Å². The average molecular weight is 352 g/mol. The van der Waals surface area contributed by atoms with Crippen LogP contribution in [0.1, 0.15) is 31.7 Å². The third-order valence-electron chi connectivity index (χ3n) is 4.54. The predicted octanol–water partition coefficient (Wildman–Crippen LogP) is 5.80. The summed E-state index contributed by atoms with van der Waals surface area (Å²) in [5.41, 5.74) is 1.43. The highest BCUT2D eigenvalue weighted by atomic mass is 28.4. The topological polar surface area (TPSA) is 12.5 Å². The highest BCUT2D eigenvalue weighted by Crippen LogP contribution is 2.32.